The Balaban J connectivity index is 2.16. The number of nitrogens with zero attached hydrogens (tertiary/aromatic N) is 2. The summed E-state index contributed by atoms with van der Waals surface area (Å²) in [6.07, 6.45) is 0. The van der Waals surface area contributed by atoms with Gasteiger partial charge < -0.3 is 14.7 Å². The lowest BCUT2D eigenvalue weighted by Gasteiger charge is -2.48. The van der Waals surface area contributed by atoms with Gasteiger partial charge in [-0.05, 0) is 6.92 Å². The second-order valence-corrected chi connectivity index (χ2v) is 5.41. The van der Waals surface area contributed by atoms with Gasteiger partial charge in [0.05, 0.1) is 9.95 Å². The van der Waals surface area contributed by atoms with E-state index in [9.17, 15) is 19.3 Å². The fourth-order valence-corrected chi connectivity index (χ4v) is 2.34. The summed E-state index contributed by atoms with van der Waals surface area (Å²) in [5.41, 5.74) is -0.942. The molecule has 0 amide bonds. The molecule has 1 aromatic rings. The Kier molecular flexibility index (Phi) is 4.02. The minimum Gasteiger partial charge on any atom is -0.480 e. The number of ether oxygens (including phenoxy) is 1. The predicted molar refractivity (Wildman–Crippen MR) is 72.3 cm³/mol. The van der Waals surface area contributed by atoms with E-state index in [1.54, 1.807) is 11.8 Å². The van der Waals surface area contributed by atoms with E-state index in [0.717, 1.165) is 12.1 Å². The van der Waals surface area contributed by atoms with E-state index in [4.69, 9.17) is 21.4 Å². The van der Waals surface area contributed by atoms with Crippen LogP contribution in [0.4, 0.5) is 15.8 Å². The maximum Gasteiger partial charge on any atom is 0.329 e. The highest BCUT2D eigenvalue weighted by Crippen LogP contribution is 2.38. The minimum absolute atomic E-state index is 0.0956. The van der Waals surface area contributed by atoms with Gasteiger partial charge in [-0.25, -0.2) is 9.18 Å². The summed E-state index contributed by atoms with van der Waals surface area (Å²) in [6.45, 7) is 1.68. The summed E-state index contributed by atoms with van der Waals surface area (Å²) in [5, 5.41) is 19.2. The van der Waals surface area contributed by atoms with Gasteiger partial charge in [0.25, 0.3) is 5.69 Å². The highest BCUT2D eigenvalue weighted by molar-refractivity contribution is 6.31. The van der Waals surface area contributed by atoms with Gasteiger partial charge in [0.2, 0.25) is 0 Å². The molecule has 114 valence electrons. The van der Waals surface area contributed by atoms with Crippen LogP contribution in [0.25, 0.3) is 0 Å². The van der Waals surface area contributed by atoms with Crippen LogP contribution in [0, 0.1) is 15.9 Å². The molecule has 1 aliphatic heterocycles. The van der Waals surface area contributed by atoms with Crippen molar-refractivity contribution in [3.63, 3.8) is 0 Å². The molecule has 1 heterocycles. The Morgan fingerprint density at radius 3 is 2.76 bits per heavy atom. The first-order chi connectivity index (χ1) is 9.72. The van der Waals surface area contributed by atoms with Crippen molar-refractivity contribution in [3.05, 3.63) is 33.1 Å². The molecule has 1 N–H and O–H groups in total. The minimum atomic E-state index is -1.10. The number of nitro benzene ring substituents is 1. The predicted octanol–water partition coefficient (Wildman–Crippen LogP) is 2.07. The molecule has 21 heavy (non-hydrogen) atoms. The van der Waals surface area contributed by atoms with Crippen LogP contribution in [0.2, 0.25) is 5.02 Å². The van der Waals surface area contributed by atoms with Crippen molar-refractivity contribution in [3.8, 4) is 0 Å². The van der Waals surface area contributed by atoms with E-state index in [-0.39, 0.29) is 29.5 Å². The molecular weight excluding hydrogens is 307 g/mol. The van der Waals surface area contributed by atoms with Crippen molar-refractivity contribution < 1.29 is 24.0 Å². The van der Waals surface area contributed by atoms with Gasteiger partial charge >= 0.3 is 5.97 Å². The van der Waals surface area contributed by atoms with Crippen molar-refractivity contribution in [2.75, 3.05) is 24.6 Å². The maximum atomic E-state index is 13.5. The van der Waals surface area contributed by atoms with Crippen LogP contribution in [0.3, 0.4) is 0 Å². The van der Waals surface area contributed by atoms with Crippen molar-refractivity contribution >= 4 is 28.9 Å². The van der Waals surface area contributed by atoms with Crippen LogP contribution in [0.15, 0.2) is 12.1 Å². The van der Waals surface area contributed by atoms with Gasteiger partial charge in [0.15, 0.2) is 0 Å². The first-order valence-electron chi connectivity index (χ1n) is 5.96. The molecule has 0 bridgehead atoms. The lowest BCUT2D eigenvalue weighted by Crippen LogP contribution is -2.62. The van der Waals surface area contributed by atoms with Gasteiger partial charge in [-0.1, -0.05) is 11.6 Å². The first-order valence-corrected chi connectivity index (χ1v) is 6.34. The Hall–Kier alpha value is -1.93. The van der Waals surface area contributed by atoms with Gasteiger partial charge in [0, 0.05) is 25.2 Å². The Labute approximate surface area is 124 Å². The van der Waals surface area contributed by atoms with Gasteiger partial charge in [0.1, 0.15) is 23.7 Å². The van der Waals surface area contributed by atoms with Crippen LogP contribution in [-0.4, -0.2) is 41.3 Å². The normalized spacial score (nSPS) is 16.4. The molecule has 7 nitrogen and oxygen atoms in total. The fourth-order valence-electron chi connectivity index (χ4n) is 2.18. The number of carbonyl (C=O) groups is 1. The van der Waals surface area contributed by atoms with Gasteiger partial charge in [-0.15, -0.1) is 0 Å². The molecule has 0 radical (unpaired) electrons. The lowest BCUT2D eigenvalue weighted by atomic mass is 9.95. The quantitative estimate of drug-likeness (QED) is 0.660. The average molecular weight is 319 g/mol. The first kappa shape index (κ1) is 15.5. The molecular formula is C12H12ClFN2O5. The third-order valence-corrected chi connectivity index (χ3v) is 3.44. The number of benzene rings is 1. The van der Waals surface area contributed by atoms with Crippen LogP contribution < -0.4 is 4.90 Å². The van der Waals surface area contributed by atoms with Crippen molar-refractivity contribution in [1.29, 1.82) is 0 Å². The number of hydrogen-bond acceptors (Lipinski definition) is 5. The second kappa shape index (κ2) is 5.45. The van der Waals surface area contributed by atoms with E-state index < -0.39 is 28.9 Å². The Morgan fingerprint density at radius 1 is 1.62 bits per heavy atom. The number of nitro groups is 1. The van der Waals surface area contributed by atoms with E-state index in [0.29, 0.717) is 0 Å². The Bertz CT molecular complexity index is 604. The molecule has 0 aliphatic carbocycles. The van der Waals surface area contributed by atoms with Gasteiger partial charge in [-0.3, -0.25) is 10.1 Å². The number of anilines is 1. The topological polar surface area (TPSA) is 92.9 Å². The molecule has 0 atom stereocenters. The number of aliphatic carboxylic acids is 1. The smallest absolute Gasteiger partial charge is 0.329 e. The summed E-state index contributed by atoms with van der Waals surface area (Å²) in [7, 11) is 0. The summed E-state index contributed by atoms with van der Waals surface area (Å²) < 4.78 is 18.7. The zero-order valence-corrected chi connectivity index (χ0v) is 11.8. The third kappa shape index (κ3) is 3.22. The molecule has 0 spiro atoms. The summed E-state index contributed by atoms with van der Waals surface area (Å²) in [6, 6.07) is 1.96. The third-order valence-electron chi connectivity index (χ3n) is 3.15. The van der Waals surface area contributed by atoms with Crippen LogP contribution >= 0.6 is 11.6 Å². The van der Waals surface area contributed by atoms with Crippen LogP contribution in [0.1, 0.15) is 6.92 Å². The molecule has 0 unspecified atom stereocenters. The number of hydrogen-bond donors (Lipinski definition) is 1. The summed E-state index contributed by atoms with van der Waals surface area (Å²) >= 11 is 5.55. The van der Waals surface area contributed by atoms with E-state index in [1.165, 1.54) is 0 Å². The number of halogens is 2. The summed E-state index contributed by atoms with van der Waals surface area (Å²) in [4.78, 5) is 22.4. The Morgan fingerprint density at radius 2 is 2.24 bits per heavy atom. The number of carboxylic acid groups (broad SMARTS) is 1. The van der Waals surface area contributed by atoms with Crippen molar-refractivity contribution in [2.45, 2.75) is 12.5 Å². The van der Waals surface area contributed by atoms with Crippen molar-refractivity contribution in [1.82, 2.24) is 0 Å². The van der Waals surface area contributed by atoms with Crippen LogP contribution in [0.5, 0.6) is 0 Å². The highest BCUT2D eigenvalue weighted by atomic mass is 35.5. The maximum absolute atomic E-state index is 13.5. The standard InChI is InChI=1S/C12H12ClFN2O5/c1-12(21-4-11(17)18)5-15(6-12)9-3-8(14)7(13)2-10(9)16(19)20/h2-3H,4-6H2,1H3,(H,17,18). The molecule has 9 heteroatoms. The number of carboxylic acids is 1. The monoisotopic (exact) mass is 318 g/mol. The molecule has 1 aliphatic rings. The summed E-state index contributed by atoms with van der Waals surface area (Å²) in [5.74, 6) is -1.85. The zero-order chi connectivity index (χ0) is 15.8. The molecule has 1 saturated heterocycles. The average Bonchev–Trinajstić information content (AvgIpc) is 2.35. The molecule has 1 aromatic carbocycles. The SMILES string of the molecule is CC1(OCC(=O)O)CN(c2cc(F)c(Cl)cc2[N+](=O)[O-])C1. The lowest BCUT2D eigenvalue weighted by molar-refractivity contribution is -0.384. The van der Waals surface area contributed by atoms with Crippen molar-refractivity contribution in [2.24, 2.45) is 0 Å². The fraction of sp³-hybridized carbons (Fsp3) is 0.417. The van der Waals surface area contributed by atoms with Crippen LogP contribution in [-0.2, 0) is 9.53 Å². The second-order valence-electron chi connectivity index (χ2n) is 5.00. The molecule has 1 fully saturated rings. The van der Waals surface area contributed by atoms with E-state index in [1.807, 2.05) is 0 Å². The largest absolute Gasteiger partial charge is 0.480 e. The van der Waals surface area contributed by atoms with E-state index in [2.05, 4.69) is 0 Å². The van der Waals surface area contributed by atoms with Gasteiger partial charge in [-0.2, -0.15) is 0 Å². The highest BCUT2D eigenvalue weighted by Gasteiger charge is 2.42. The molecule has 2 rings (SSSR count). The molecule has 0 saturated carbocycles. The zero-order valence-electron chi connectivity index (χ0n) is 11.0. The molecule has 0 aromatic heterocycles. The number of rotatable bonds is 5. The van der Waals surface area contributed by atoms with E-state index >= 15 is 0 Å².